The van der Waals surface area contributed by atoms with Crippen molar-refractivity contribution >= 4 is 5.96 Å². The van der Waals surface area contributed by atoms with Gasteiger partial charge in [0.1, 0.15) is 0 Å². The summed E-state index contributed by atoms with van der Waals surface area (Å²) in [6.07, 6.45) is 1.74. The number of hydrogen-bond donors (Lipinski definition) is 2. The second-order valence-electron chi connectivity index (χ2n) is 7.88. The fourth-order valence-electron chi connectivity index (χ4n) is 4.09. The second kappa shape index (κ2) is 8.87. The van der Waals surface area contributed by atoms with E-state index in [-0.39, 0.29) is 6.10 Å². The lowest BCUT2D eigenvalue weighted by atomic mass is 9.95. The third-order valence-electron chi connectivity index (χ3n) is 5.62. The van der Waals surface area contributed by atoms with Crippen LogP contribution < -0.4 is 5.32 Å². The Hall–Kier alpha value is -1.59. The van der Waals surface area contributed by atoms with Gasteiger partial charge in [-0.3, -0.25) is 9.89 Å². The van der Waals surface area contributed by atoms with Crippen LogP contribution in [0, 0.1) is 5.92 Å². The summed E-state index contributed by atoms with van der Waals surface area (Å²) in [6, 6.07) is 9.25. The summed E-state index contributed by atoms with van der Waals surface area (Å²) in [4.78, 5) is 9.75. The van der Waals surface area contributed by atoms with E-state index in [2.05, 4.69) is 60.2 Å². The van der Waals surface area contributed by atoms with Crippen molar-refractivity contribution in [2.24, 2.45) is 10.9 Å². The Bertz CT molecular complexity index is 616. The third-order valence-corrected chi connectivity index (χ3v) is 5.62. The summed E-state index contributed by atoms with van der Waals surface area (Å²) in [5, 5.41) is 13.3. The molecule has 1 aromatic carbocycles. The first-order chi connectivity index (χ1) is 12.6. The van der Waals surface area contributed by atoms with Crippen molar-refractivity contribution in [2.45, 2.75) is 52.3 Å². The normalized spacial score (nSPS) is 22.6. The van der Waals surface area contributed by atoms with Crippen LogP contribution in [0.5, 0.6) is 0 Å². The zero-order valence-electron chi connectivity index (χ0n) is 16.5. The summed E-state index contributed by atoms with van der Waals surface area (Å²) >= 11 is 0. The highest BCUT2D eigenvalue weighted by Crippen LogP contribution is 2.23. The molecule has 2 N–H and O–H groups in total. The number of likely N-dealkylation sites (tertiary alicyclic amines) is 1. The van der Waals surface area contributed by atoms with Gasteiger partial charge in [0.2, 0.25) is 0 Å². The van der Waals surface area contributed by atoms with Crippen LogP contribution in [0.1, 0.15) is 38.3 Å². The van der Waals surface area contributed by atoms with Gasteiger partial charge in [-0.2, -0.15) is 0 Å². The van der Waals surface area contributed by atoms with Crippen molar-refractivity contribution < 1.29 is 5.11 Å². The molecule has 5 nitrogen and oxygen atoms in total. The first kappa shape index (κ1) is 19.2. The predicted octanol–water partition coefficient (Wildman–Crippen LogP) is 2.10. The summed E-state index contributed by atoms with van der Waals surface area (Å²) in [6.45, 7) is 12.1. The topological polar surface area (TPSA) is 51.1 Å². The van der Waals surface area contributed by atoms with E-state index in [9.17, 15) is 5.11 Å². The highest BCUT2D eigenvalue weighted by Gasteiger charge is 2.27. The number of aliphatic hydroxyl groups is 1. The van der Waals surface area contributed by atoms with Crippen molar-refractivity contribution in [1.82, 2.24) is 15.1 Å². The molecule has 1 saturated heterocycles. The lowest BCUT2D eigenvalue weighted by molar-refractivity contribution is 0.144. The number of nitrogens with one attached hydrogen (secondary N) is 1. The molecule has 5 heteroatoms. The Labute approximate surface area is 158 Å². The molecule has 0 radical (unpaired) electrons. The van der Waals surface area contributed by atoms with Crippen LogP contribution >= 0.6 is 0 Å². The van der Waals surface area contributed by atoms with E-state index in [0.29, 0.717) is 18.5 Å². The quantitative estimate of drug-likeness (QED) is 0.625. The minimum Gasteiger partial charge on any atom is -0.391 e. The molecule has 0 amide bonds. The van der Waals surface area contributed by atoms with Crippen molar-refractivity contribution in [1.29, 1.82) is 0 Å². The summed E-state index contributed by atoms with van der Waals surface area (Å²) < 4.78 is 0. The third kappa shape index (κ3) is 4.57. The maximum atomic E-state index is 9.85. The Morgan fingerprint density at radius 2 is 2.04 bits per heavy atom. The Morgan fingerprint density at radius 3 is 2.69 bits per heavy atom. The average Bonchev–Trinajstić information content (AvgIpc) is 3.07. The molecule has 1 fully saturated rings. The fraction of sp³-hybridized carbons (Fsp3) is 0.667. The number of aliphatic hydroxyl groups excluding tert-OH is 1. The molecule has 2 atom stereocenters. The molecule has 0 aliphatic carbocycles. The predicted molar refractivity (Wildman–Crippen MR) is 107 cm³/mol. The number of aliphatic imine (C=N–C) groups is 1. The van der Waals surface area contributed by atoms with Gasteiger partial charge in [0.05, 0.1) is 12.6 Å². The molecule has 3 rings (SSSR count). The molecular formula is C21H34N4O. The van der Waals surface area contributed by atoms with Crippen LogP contribution in [0.15, 0.2) is 29.3 Å². The first-order valence-corrected chi connectivity index (χ1v) is 10.1. The minimum atomic E-state index is -0.224. The number of fused-ring (bicyclic) bond motifs is 1. The molecule has 2 aliphatic heterocycles. The summed E-state index contributed by atoms with van der Waals surface area (Å²) in [5.41, 5.74) is 2.96. The number of benzene rings is 1. The Kier molecular flexibility index (Phi) is 6.54. The molecule has 0 aromatic heterocycles. The van der Waals surface area contributed by atoms with Crippen LogP contribution in [-0.4, -0.2) is 65.7 Å². The smallest absolute Gasteiger partial charge is 0.194 e. The largest absolute Gasteiger partial charge is 0.391 e. The van der Waals surface area contributed by atoms with E-state index < -0.39 is 0 Å². The van der Waals surface area contributed by atoms with Crippen LogP contribution in [0.4, 0.5) is 0 Å². The summed E-state index contributed by atoms with van der Waals surface area (Å²) in [5.74, 6) is 1.50. The maximum Gasteiger partial charge on any atom is 0.194 e. The van der Waals surface area contributed by atoms with Gasteiger partial charge in [0, 0.05) is 38.8 Å². The van der Waals surface area contributed by atoms with Crippen LogP contribution in [-0.2, 0) is 13.0 Å². The number of rotatable bonds is 5. The maximum absolute atomic E-state index is 9.85. The highest BCUT2D eigenvalue weighted by molar-refractivity contribution is 5.80. The molecule has 1 unspecified atom stereocenters. The molecule has 2 aliphatic rings. The highest BCUT2D eigenvalue weighted by atomic mass is 16.3. The van der Waals surface area contributed by atoms with Gasteiger partial charge in [-0.05, 0) is 36.8 Å². The zero-order valence-corrected chi connectivity index (χ0v) is 16.5. The van der Waals surface area contributed by atoms with Crippen molar-refractivity contribution in [3.63, 3.8) is 0 Å². The van der Waals surface area contributed by atoms with Crippen LogP contribution in [0.25, 0.3) is 0 Å². The van der Waals surface area contributed by atoms with E-state index in [4.69, 9.17) is 4.99 Å². The van der Waals surface area contributed by atoms with E-state index in [1.807, 2.05) is 0 Å². The zero-order chi connectivity index (χ0) is 18.5. The fourth-order valence-corrected chi connectivity index (χ4v) is 4.09. The number of β-amino-alcohol motifs (C(OH)–C–C–N with tert-alkyl or cyclic N) is 1. The Morgan fingerprint density at radius 1 is 1.27 bits per heavy atom. The molecule has 144 valence electrons. The molecule has 0 spiro atoms. The second-order valence-corrected chi connectivity index (χ2v) is 7.88. The number of guanidine groups is 1. The van der Waals surface area contributed by atoms with Gasteiger partial charge in [0.15, 0.2) is 5.96 Å². The van der Waals surface area contributed by atoms with Crippen LogP contribution in [0.2, 0.25) is 0 Å². The van der Waals surface area contributed by atoms with Gasteiger partial charge in [-0.25, -0.2) is 0 Å². The molecule has 2 heterocycles. The van der Waals surface area contributed by atoms with Gasteiger partial charge < -0.3 is 15.3 Å². The van der Waals surface area contributed by atoms with Gasteiger partial charge in [-0.15, -0.1) is 0 Å². The molecule has 0 saturated carbocycles. The first-order valence-electron chi connectivity index (χ1n) is 10.1. The average molecular weight is 359 g/mol. The van der Waals surface area contributed by atoms with Crippen LogP contribution in [0.3, 0.4) is 0 Å². The van der Waals surface area contributed by atoms with Gasteiger partial charge in [-0.1, -0.05) is 38.1 Å². The molecule has 1 aromatic rings. The number of hydrogen-bond acceptors (Lipinski definition) is 3. The molecular weight excluding hydrogens is 324 g/mol. The summed E-state index contributed by atoms with van der Waals surface area (Å²) in [7, 11) is 0. The lowest BCUT2D eigenvalue weighted by Gasteiger charge is -2.37. The minimum absolute atomic E-state index is 0.224. The van der Waals surface area contributed by atoms with Crippen molar-refractivity contribution in [3.8, 4) is 0 Å². The Balaban J connectivity index is 1.69. The molecule has 0 bridgehead atoms. The van der Waals surface area contributed by atoms with E-state index >= 15 is 0 Å². The van der Waals surface area contributed by atoms with E-state index in [1.165, 1.54) is 11.1 Å². The van der Waals surface area contributed by atoms with E-state index in [1.54, 1.807) is 0 Å². The SMILES string of the molecule is CCNC(=NCC(C(C)C)N1CCc2ccccc2C1)N1CC[C@@H](O)C1. The van der Waals surface area contributed by atoms with Gasteiger partial charge >= 0.3 is 0 Å². The lowest BCUT2D eigenvalue weighted by Crippen LogP contribution is -2.46. The molecule has 26 heavy (non-hydrogen) atoms. The van der Waals surface area contributed by atoms with E-state index in [0.717, 1.165) is 51.5 Å². The van der Waals surface area contributed by atoms with Crippen molar-refractivity contribution in [3.05, 3.63) is 35.4 Å². The standard InChI is InChI=1S/C21H34N4O/c1-4-22-21(25-12-10-19(26)15-25)23-13-20(16(2)3)24-11-9-17-7-5-6-8-18(17)14-24/h5-8,16,19-20,26H,4,9-15H2,1-3H3,(H,22,23)/t19-,20?/m1/s1. The van der Waals surface area contributed by atoms with Gasteiger partial charge in [0.25, 0.3) is 0 Å². The monoisotopic (exact) mass is 358 g/mol. The number of nitrogens with zero attached hydrogens (tertiary/aromatic N) is 3. The van der Waals surface area contributed by atoms with Crippen molar-refractivity contribution in [2.75, 3.05) is 32.7 Å².